The molecular weight excluding hydrogens is 376 g/mol. The number of anilines is 1. The number of allylic oxidation sites excluding steroid dienone is 1. The molecule has 2 rings (SSSR count). The number of rotatable bonds is 5. The number of alkyl halides is 6. The van der Waals surface area contributed by atoms with Crippen LogP contribution in [-0.2, 0) is 12.4 Å². The van der Waals surface area contributed by atoms with Gasteiger partial charge in [-0.15, -0.1) is 0 Å². The molecular formula is C18H13F6NO2. The highest BCUT2D eigenvalue weighted by atomic mass is 19.4. The van der Waals surface area contributed by atoms with E-state index in [0.29, 0.717) is 17.9 Å². The van der Waals surface area contributed by atoms with Gasteiger partial charge in [-0.2, -0.15) is 26.3 Å². The fourth-order valence-corrected chi connectivity index (χ4v) is 2.12. The second kappa shape index (κ2) is 7.73. The molecule has 0 unspecified atom stereocenters. The van der Waals surface area contributed by atoms with Gasteiger partial charge in [0.2, 0.25) is 0 Å². The van der Waals surface area contributed by atoms with Crippen LogP contribution in [0.25, 0.3) is 0 Å². The van der Waals surface area contributed by atoms with Gasteiger partial charge in [0.1, 0.15) is 5.75 Å². The normalized spacial score (nSPS) is 12.3. The molecule has 2 aromatic carbocycles. The zero-order valence-electron chi connectivity index (χ0n) is 13.8. The molecule has 9 heteroatoms. The molecule has 3 nitrogen and oxygen atoms in total. The maximum absolute atomic E-state index is 12.8. The topological polar surface area (TPSA) is 38.3 Å². The molecule has 0 aliphatic carbocycles. The quantitative estimate of drug-likeness (QED) is 0.415. The first kappa shape index (κ1) is 20.3. The highest BCUT2D eigenvalue weighted by Gasteiger charge is 2.36. The van der Waals surface area contributed by atoms with E-state index in [-0.39, 0.29) is 11.6 Å². The van der Waals surface area contributed by atoms with E-state index in [1.165, 1.54) is 19.2 Å². The molecule has 0 aliphatic heterocycles. The summed E-state index contributed by atoms with van der Waals surface area (Å²) in [6.45, 7) is 0. The van der Waals surface area contributed by atoms with Crippen molar-refractivity contribution in [1.82, 2.24) is 0 Å². The molecule has 0 amide bonds. The number of halogens is 6. The average Bonchev–Trinajstić information content (AvgIpc) is 2.60. The Morgan fingerprint density at radius 2 is 1.56 bits per heavy atom. The first-order valence-corrected chi connectivity index (χ1v) is 7.41. The predicted octanol–water partition coefficient (Wildman–Crippen LogP) is 5.54. The van der Waals surface area contributed by atoms with E-state index >= 15 is 0 Å². The van der Waals surface area contributed by atoms with Crippen molar-refractivity contribution in [3.8, 4) is 5.75 Å². The number of carbonyl (C=O) groups excluding carboxylic acids is 1. The SMILES string of the molecule is COc1cccc(C(=O)/C=C/Nc2cc(C(F)(F)F)cc(C(F)(F)F)c2)c1. The van der Waals surface area contributed by atoms with Crippen molar-refractivity contribution < 1.29 is 35.9 Å². The number of ketones is 1. The number of methoxy groups -OCH3 is 1. The Balaban J connectivity index is 2.23. The molecule has 0 heterocycles. The van der Waals surface area contributed by atoms with Crippen LogP contribution in [0.4, 0.5) is 32.0 Å². The van der Waals surface area contributed by atoms with Crippen molar-refractivity contribution in [3.05, 3.63) is 71.4 Å². The first-order chi connectivity index (χ1) is 12.5. The Hall–Kier alpha value is -2.97. The lowest BCUT2D eigenvalue weighted by molar-refractivity contribution is -0.143. The fourth-order valence-electron chi connectivity index (χ4n) is 2.12. The van der Waals surface area contributed by atoms with Gasteiger partial charge in [-0.05, 0) is 30.3 Å². The highest BCUT2D eigenvalue weighted by molar-refractivity contribution is 6.04. The fraction of sp³-hybridized carbons (Fsp3) is 0.167. The largest absolute Gasteiger partial charge is 0.497 e. The van der Waals surface area contributed by atoms with Crippen molar-refractivity contribution in [2.75, 3.05) is 12.4 Å². The van der Waals surface area contributed by atoms with Crippen LogP contribution in [0.1, 0.15) is 21.5 Å². The van der Waals surface area contributed by atoms with Gasteiger partial charge in [-0.25, -0.2) is 0 Å². The molecule has 0 saturated heterocycles. The second-order valence-corrected chi connectivity index (χ2v) is 5.37. The van der Waals surface area contributed by atoms with Gasteiger partial charge in [0, 0.05) is 23.5 Å². The molecule has 0 aromatic heterocycles. The van der Waals surface area contributed by atoms with Crippen LogP contribution in [0.2, 0.25) is 0 Å². The zero-order chi connectivity index (χ0) is 20.2. The van der Waals surface area contributed by atoms with E-state index in [0.717, 1.165) is 12.3 Å². The van der Waals surface area contributed by atoms with Gasteiger partial charge >= 0.3 is 12.4 Å². The van der Waals surface area contributed by atoms with E-state index in [4.69, 9.17) is 4.74 Å². The van der Waals surface area contributed by atoms with Gasteiger partial charge < -0.3 is 10.1 Å². The maximum atomic E-state index is 12.8. The molecule has 27 heavy (non-hydrogen) atoms. The van der Waals surface area contributed by atoms with Gasteiger partial charge in [-0.1, -0.05) is 12.1 Å². The molecule has 0 saturated carbocycles. The van der Waals surface area contributed by atoms with E-state index in [9.17, 15) is 31.1 Å². The average molecular weight is 389 g/mol. The van der Waals surface area contributed by atoms with Gasteiger partial charge in [0.15, 0.2) is 5.78 Å². The summed E-state index contributed by atoms with van der Waals surface area (Å²) in [5.74, 6) is -0.0840. The Morgan fingerprint density at radius 3 is 2.07 bits per heavy atom. The molecule has 0 bridgehead atoms. The molecule has 1 N–H and O–H groups in total. The molecule has 2 aromatic rings. The summed E-state index contributed by atoms with van der Waals surface area (Å²) < 4.78 is 81.8. The van der Waals surface area contributed by atoms with Crippen LogP contribution >= 0.6 is 0 Å². The van der Waals surface area contributed by atoms with Crippen LogP contribution in [0.15, 0.2) is 54.7 Å². The maximum Gasteiger partial charge on any atom is 0.416 e. The van der Waals surface area contributed by atoms with Crippen LogP contribution in [0.3, 0.4) is 0 Å². The first-order valence-electron chi connectivity index (χ1n) is 7.41. The summed E-state index contributed by atoms with van der Waals surface area (Å²) in [6, 6.07) is 7.18. The number of hydrogen-bond donors (Lipinski definition) is 1. The third-order valence-electron chi connectivity index (χ3n) is 3.43. The van der Waals surface area contributed by atoms with Gasteiger partial charge in [0.25, 0.3) is 0 Å². The lowest BCUT2D eigenvalue weighted by Crippen LogP contribution is -2.11. The number of carbonyl (C=O) groups is 1. The number of ether oxygens (including phenoxy) is 1. The Morgan fingerprint density at radius 1 is 0.963 bits per heavy atom. The predicted molar refractivity (Wildman–Crippen MR) is 86.5 cm³/mol. The molecule has 0 atom stereocenters. The van der Waals surface area contributed by atoms with Crippen LogP contribution in [0, 0.1) is 0 Å². The minimum absolute atomic E-state index is 0.0241. The summed E-state index contributed by atoms with van der Waals surface area (Å²) in [5.41, 5.74) is -3.11. The van der Waals surface area contributed by atoms with Crippen LogP contribution < -0.4 is 10.1 Å². The Kier molecular flexibility index (Phi) is 5.82. The molecule has 0 radical (unpaired) electrons. The summed E-state index contributed by atoms with van der Waals surface area (Å²) in [5, 5.41) is 2.27. The summed E-state index contributed by atoms with van der Waals surface area (Å²) >= 11 is 0. The van der Waals surface area contributed by atoms with Crippen molar-refractivity contribution in [1.29, 1.82) is 0 Å². The Bertz CT molecular complexity index is 823. The zero-order valence-corrected chi connectivity index (χ0v) is 13.8. The van der Waals surface area contributed by atoms with E-state index < -0.39 is 35.0 Å². The third kappa shape index (κ3) is 5.50. The van der Waals surface area contributed by atoms with E-state index in [1.807, 2.05) is 0 Å². The molecule has 144 valence electrons. The lowest BCUT2D eigenvalue weighted by Gasteiger charge is -2.14. The van der Waals surface area contributed by atoms with Crippen molar-refractivity contribution in [3.63, 3.8) is 0 Å². The third-order valence-corrected chi connectivity index (χ3v) is 3.43. The summed E-state index contributed by atoms with van der Waals surface area (Å²) in [7, 11) is 1.41. The number of benzene rings is 2. The standard InChI is InChI=1S/C18H13F6NO2/c1-27-15-4-2-3-11(7-15)16(26)5-6-25-14-9-12(17(19,20)21)8-13(10-14)18(22,23)24/h2-10,25H,1H3/b6-5+. The minimum atomic E-state index is -4.95. The molecule has 0 fully saturated rings. The van der Waals surface area contributed by atoms with Crippen molar-refractivity contribution in [2.24, 2.45) is 0 Å². The monoisotopic (exact) mass is 389 g/mol. The van der Waals surface area contributed by atoms with Crippen molar-refractivity contribution >= 4 is 11.5 Å². The smallest absolute Gasteiger partial charge is 0.416 e. The number of nitrogens with one attached hydrogen (secondary N) is 1. The van der Waals surface area contributed by atoms with Crippen molar-refractivity contribution in [2.45, 2.75) is 12.4 Å². The second-order valence-electron chi connectivity index (χ2n) is 5.37. The number of hydrogen-bond acceptors (Lipinski definition) is 3. The van der Waals surface area contributed by atoms with Gasteiger partial charge in [0.05, 0.1) is 18.2 Å². The van der Waals surface area contributed by atoms with Crippen LogP contribution in [-0.4, -0.2) is 12.9 Å². The van der Waals surface area contributed by atoms with E-state index in [1.54, 1.807) is 12.1 Å². The lowest BCUT2D eigenvalue weighted by atomic mass is 10.1. The highest BCUT2D eigenvalue weighted by Crippen LogP contribution is 2.37. The minimum Gasteiger partial charge on any atom is -0.497 e. The Labute approximate surface area is 150 Å². The van der Waals surface area contributed by atoms with Crippen LogP contribution in [0.5, 0.6) is 5.75 Å². The summed E-state index contributed by atoms with van der Waals surface area (Å²) in [4.78, 5) is 12.0. The molecule has 0 spiro atoms. The van der Waals surface area contributed by atoms with Gasteiger partial charge in [-0.3, -0.25) is 4.79 Å². The molecule has 0 aliphatic rings. The van der Waals surface area contributed by atoms with E-state index in [2.05, 4.69) is 5.32 Å². The summed E-state index contributed by atoms with van der Waals surface area (Å²) in [6.07, 6.45) is -7.94.